The van der Waals surface area contributed by atoms with Crippen LogP contribution in [0.3, 0.4) is 0 Å². The van der Waals surface area contributed by atoms with E-state index in [0.717, 1.165) is 25.1 Å². The van der Waals surface area contributed by atoms with Gasteiger partial charge in [-0.25, -0.2) is 4.39 Å². The third kappa shape index (κ3) is 2.59. The molecule has 2 heterocycles. The molecule has 0 fully saturated rings. The number of rotatable bonds is 2. The molecular weight excluding hydrogens is 375 g/mol. The quantitative estimate of drug-likeness (QED) is 0.658. The minimum absolute atomic E-state index is 0.0353. The Bertz CT molecular complexity index is 1070. The summed E-state index contributed by atoms with van der Waals surface area (Å²) >= 11 is 0. The number of fused-ring (bicyclic) bond motifs is 4. The molecule has 0 spiro atoms. The SMILES string of the molecule is CC(=O)Nc1cc2c3c(c1)C1C=CCC1C(c1ccc(F)cc1)N3CC1CC=CC21. The number of anilines is 2. The van der Waals surface area contributed by atoms with Crippen molar-refractivity contribution < 1.29 is 9.18 Å². The first-order chi connectivity index (χ1) is 14.6. The van der Waals surface area contributed by atoms with E-state index in [-0.39, 0.29) is 17.8 Å². The lowest BCUT2D eigenvalue weighted by atomic mass is 9.70. The summed E-state index contributed by atoms with van der Waals surface area (Å²) in [6.07, 6.45) is 11.4. The predicted octanol–water partition coefficient (Wildman–Crippen LogP) is 5.68. The van der Waals surface area contributed by atoms with E-state index >= 15 is 0 Å². The number of halogens is 1. The number of amides is 1. The van der Waals surface area contributed by atoms with Crippen molar-refractivity contribution in [2.24, 2.45) is 11.8 Å². The van der Waals surface area contributed by atoms with E-state index in [0.29, 0.717) is 23.7 Å². The van der Waals surface area contributed by atoms with Gasteiger partial charge in [0.1, 0.15) is 5.82 Å². The van der Waals surface area contributed by atoms with Gasteiger partial charge in [-0.15, -0.1) is 0 Å². The Morgan fingerprint density at radius 1 is 1.03 bits per heavy atom. The molecule has 1 N–H and O–H groups in total. The molecule has 2 aliphatic carbocycles. The number of hydrogen-bond acceptors (Lipinski definition) is 2. The van der Waals surface area contributed by atoms with Crippen LogP contribution in [0.1, 0.15) is 54.3 Å². The Morgan fingerprint density at radius 3 is 2.50 bits per heavy atom. The molecule has 0 radical (unpaired) electrons. The fourth-order valence-corrected chi connectivity index (χ4v) is 6.29. The summed E-state index contributed by atoms with van der Waals surface area (Å²) in [7, 11) is 0. The lowest BCUT2D eigenvalue weighted by Crippen LogP contribution is -2.46. The number of carbonyl (C=O) groups is 1. The molecule has 0 aromatic heterocycles. The minimum atomic E-state index is -0.185. The lowest BCUT2D eigenvalue weighted by molar-refractivity contribution is -0.114. The van der Waals surface area contributed by atoms with E-state index in [2.05, 4.69) is 46.7 Å². The Kier molecular flexibility index (Phi) is 3.92. The third-order valence-electron chi connectivity index (χ3n) is 7.38. The van der Waals surface area contributed by atoms with Gasteiger partial charge in [-0.3, -0.25) is 4.79 Å². The predicted molar refractivity (Wildman–Crippen MR) is 117 cm³/mol. The monoisotopic (exact) mass is 400 g/mol. The number of allylic oxidation sites excluding steroid dienone is 4. The van der Waals surface area contributed by atoms with Crippen molar-refractivity contribution in [2.45, 2.75) is 37.6 Å². The summed E-state index contributed by atoms with van der Waals surface area (Å²) in [5, 5.41) is 3.03. The molecular formula is C26H25FN2O. The van der Waals surface area contributed by atoms with Crippen LogP contribution in [-0.4, -0.2) is 12.5 Å². The van der Waals surface area contributed by atoms with Gasteiger partial charge in [0.15, 0.2) is 0 Å². The number of hydrogen-bond donors (Lipinski definition) is 1. The van der Waals surface area contributed by atoms with Gasteiger partial charge < -0.3 is 10.2 Å². The minimum Gasteiger partial charge on any atom is -0.363 e. The van der Waals surface area contributed by atoms with Crippen LogP contribution < -0.4 is 10.2 Å². The van der Waals surface area contributed by atoms with Crippen molar-refractivity contribution >= 4 is 17.3 Å². The summed E-state index contributed by atoms with van der Waals surface area (Å²) in [5.74, 6) is 1.48. The molecule has 2 aromatic carbocycles. The van der Waals surface area contributed by atoms with Crippen LogP contribution in [0.25, 0.3) is 0 Å². The van der Waals surface area contributed by atoms with Crippen molar-refractivity contribution in [1.29, 1.82) is 0 Å². The zero-order valence-corrected chi connectivity index (χ0v) is 17.0. The van der Waals surface area contributed by atoms with Crippen molar-refractivity contribution in [3.05, 3.63) is 83.2 Å². The molecule has 4 heteroatoms. The van der Waals surface area contributed by atoms with Crippen LogP contribution >= 0.6 is 0 Å². The van der Waals surface area contributed by atoms with E-state index in [9.17, 15) is 9.18 Å². The van der Waals surface area contributed by atoms with Gasteiger partial charge in [0.2, 0.25) is 5.91 Å². The maximum absolute atomic E-state index is 13.7. The molecule has 3 nitrogen and oxygen atoms in total. The highest BCUT2D eigenvalue weighted by Crippen LogP contribution is 2.59. The first-order valence-corrected chi connectivity index (χ1v) is 10.9. The molecule has 4 aliphatic rings. The van der Waals surface area contributed by atoms with Gasteiger partial charge >= 0.3 is 0 Å². The van der Waals surface area contributed by atoms with Crippen LogP contribution in [-0.2, 0) is 4.79 Å². The van der Waals surface area contributed by atoms with E-state index in [4.69, 9.17) is 0 Å². The summed E-state index contributed by atoms with van der Waals surface area (Å²) in [6, 6.07) is 11.7. The van der Waals surface area contributed by atoms with Crippen molar-refractivity contribution in [3.63, 3.8) is 0 Å². The molecule has 0 saturated heterocycles. The molecule has 30 heavy (non-hydrogen) atoms. The summed E-state index contributed by atoms with van der Waals surface area (Å²) < 4.78 is 13.7. The van der Waals surface area contributed by atoms with Gasteiger partial charge in [-0.2, -0.15) is 0 Å². The highest BCUT2D eigenvalue weighted by atomic mass is 19.1. The number of benzene rings is 2. The second-order valence-corrected chi connectivity index (χ2v) is 9.14. The fourth-order valence-electron chi connectivity index (χ4n) is 6.29. The molecule has 2 aliphatic heterocycles. The first kappa shape index (κ1) is 17.9. The largest absolute Gasteiger partial charge is 0.363 e. The molecule has 6 rings (SSSR count). The molecule has 5 atom stereocenters. The maximum Gasteiger partial charge on any atom is 0.221 e. The van der Waals surface area contributed by atoms with Gasteiger partial charge in [0.25, 0.3) is 0 Å². The molecule has 0 saturated carbocycles. The van der Waals surface area contributed by atoms with Crippen LogP contribution in [0, 0.1) is 17.7 Å². The van der Waals surface area contributed by atoms with Crippen LogP contribution in [0.5, 0.6) is 0 Å². The van der Waals surface area contributed by atoms with Gasteiger partial charge in [-0.05, 0) is 65.6 Å². The van der Waals surface area contributed by atoms with Crippen LogP contribution in [0.4, 0.5) is 15.8 Å². The number of carbonyl (C=O) groups excluding carboxylic acids is 1. The smallest absolute Gasteiger partial charge is 0.221 e. The van der Waals surface area contributed by atoms with Gasteiger partial charge in [0, 0.05) is 36.7 Å². The topological polar surface area (TPSA) is 32.3 Å². The first-order valence-electron chi connectivity index (χ1n) is 10.9. The normalized spacial score (nSPS) is 30.1. The average molecular weight is 400 g/mol. The lowest BCUT2D eigenvalue weighted by Gasteiger charge is -2.51. The number of nitrogens with one attached hydrogen (secondary N) is 1. The highest BCUT2D eigenvalue weighted by Gasteiger charge is 2.47. The zero-order valence-electron chi connectivity index (χ0n) is 17.0. The number of nitrogens with zero attached hydrogens (tertiary/aromatic N) is 1. The Balaban J connectivity index is 1.56. The maximum atomic E-state index is 13.7. The molecule has 1 amide bonds. The van der Waals surface area contributed by atoms with Crippen molar-refractivity contribution in [1.82, 2.24) is 0 Å². The van der Waals surface area contributed by atoms with E-state index in [1.54, 1.807) is 19.1 Å². The summed E-state index contributed by atoms with van der Waals surface area (Å²) in [6.45, 7) is 2.58. The van der Waals surface area contributed by atoms with Gasteiger partial charge in [0.05, 0.1) is 6.04 Å². The zero-order chi connectivity index (χ0) is 20.4. The fraction of sp³-hybridized carbons (Fsp3) is 0.346. The van der Waals surface area contributed by atoms with E-state index < -0.39 is 0 Å². The van der Waals surface area contributed by atoms with E-state index in [1.807, 2.05) is 12.1 Å². The second kappa shape index (κ2) is 6.56. The highest BCUT2D eigenvalue weighted by molar-refractivity contribution is 5.90. The second-order valence-electron chi connectivity index (χ2n) is 9.14. The molecule has 5 unspecified atom stereocenters. The van der Waals surface area contributed by atoms with Crippen molar-refractivity contribution in [3.8, 4) is 0 Å². The third-order valence-corrected chi connectivity index (χ3v) is 7.38. The molecule has 152 valence electrons. The van der Waals surface area contributed by atoms with Crippen LogP contribution in [0.2, 0.25) is 0 Å². The van der Waals surface area contributed by atoms with Crippen molar-refractivity contribution in [2.75, 3.05) is 16.8 Å². The Morgan fingerprint density at radius 2 is 1.73 bits per heavy atom. The molecule has 2 aromatic rings. The average Bonchev–Trinajstić information content (AvgIpc) is 3.38. The summed E-state index contributed by atoms with van der Waals surface area (Å²) in [4.78, 5) is 14.4. The standard InChI is InChI=1S/C26H25FN2O/c1-15(30)28-19-12-23-20-5-2-4-17(20)14-29-25(16-8-10-18(27)11-9-16)22-7-3-6-21(22)24(13-19)26(23)29/h2-3,5-6,8-13,17,20-22,25H,4,7,14H2,1H3,(H,28,30). The Hall–Kier alpha value is -2.88. The Labute approximate surface area is 176 Å². The van der Waals surface area contributed by atoms with E-state index in [1.165, 1.54) is 22.4 Å². The molecule has 0 bridgehead atoms. The summed E-state index contributed by atoms with van der Waals surface area (Å²) in [5.41, 5.74) is 6.08. The van der Waals surface area contributed by atoms with Crippen LogP contribution in [0.15, 0.2) is 60.7 Å². The van der Waals surface area contributed by atoms with Gasteiger partial charge in [-0.1, -0.05) is 36.4 Å².